The molecule has 19 heavy (non-hydrogen) atoms. The maximum absolute atomic E-state index is 2.46. The van der Waals surface area contributed by atoms with Crippen LogP contribution in [0.4, 0.5) is 0 Å². The molecule has 0 saturated carbocycles. The zero-order valence-electron chi connectivity index (χ0n) is 10.6. The Labute approximate surface area is 116 Å². The second-order valence-corrected chi connectivity index (χ2v) is 7.08. The summed E-state index contributed by atoms with van der Waals surface area (Å²) in [7, 11) is 0. The zero-order valence-corrected chi connectivity index (χ0v) is 11.4. The Morgan fingerprint density at radius 2 is 1.79 bits per heavy atom. The van der Waals surface area contributed by atoms with E-state index in [0.29, 0.717) is 0 Å². The van der Waals surface area contributed by atoms with Gasteiger partial charge >= 0.3 is 0 Å². The van der Waals surface area contributed by atoms with Crippen molar-refractivity contribution in [3.05, 3.63) is 59.7 Å². The summed E-state index contributed by atoms with van der Waals surface area (Å²) in [6, 6.07) is 18.2. The van der Waals surface area contributed by atoms with Gasteiger partial charge in [-0.25, -0.2) is 0 Å². The maximum Gasteiger partial charge on any atom is 0.0422 e. The van der Waals surface area contributed by atoms with Crippen molar-refractivity contribution >= 4 is 33.3 Å². The van der Waals surface area contributed by atoms with Gasteiger partial charge in [-0.15, -0.1) is 11.8 Å². The number of thioether (sulfide) groups is 1. The maximum atomic E-state index is 2.46. The van der Waals surface area contributed by atoms with Crippen LogP contribution in [0.2, 0.25) is 0 Å². The first-order valence-electron chi connectivity index (χ1n) is 7.00. The number of hydrogen-bond donors (Lipinski definition) is 0. The molecule has 0 bridgehead atoms. The molecule has 1 aliphatic carbocycles. The SMILES string of the molecule is c1ccc2c(c1)ccc1cc3c(cc12)CCC1SC31. The molecule has 5 rings (SSSR count). The predicted molar refractivity (Wildman–Crippen MR) is 83.9 cm³/mol. The van der Waals surface area contributed by atoms with Crippen LogP contribution in [-0.4, -0.2) is 5.25 Å². The van der Waals surface area contributed by atoms with Crippen LogP contribution in [0.5, 0.6) is 0 Å². The van der Waals surface area contributed by atoms with Gasteiger partial charge in [-0.05, 0) is 51.6 Å². The molecule has 2 unspecified atom stereocenters. The van der Waals surface area contributed by atoms with Crippen LogP contribution in [0.3, 0.4) is 0 Å². The first-order valence-corrected chi connectivity index (χ1v) is 7.94. The molecule has 3 aromatic carbocycles. The second-order valence-electron chi connectivity index (χ2n) is 5.69. The molecule has 0 nitrogen and oxygen atoms in total. The van der Waals surface area contributed by atoms with Crippen LogP contribution in [0.15, 0.2) is 48.5 Å². The normalized spacial score (nSPS) is 24.2. The van der Waals surface area contributed by atoms with Crippen LogP contribution in [-0.2, 0) is 6.42 Å². The molecule has 0 amide bonds. The van der Waals surface area contributed by atoms with E-state index < -0.39 is 0 Å². The smallest absolute Gasteiger partial charge is 0.0422 e. The third-order valence-corrected chi connectivity index (χ3v) is 6.01. The lowest BCUT2D eigenvalue weighted by molar-refractivity contribution is 0.755. The van der Waals surface area contributed by atoms with Gasteiger partial charge in [0.1, 0.15) is 0 Å². The van der Waals surface area contributed by atoms with Crippen molar-refractivity contribution in [1.82, 2.24) is 0 Å². The van der Waals surface area contributed by atoms with Gasteiger partial charge < -0.3 is 0 Å². The Kier molecular flexibility index (Phi) is 1.93. The number of benzene rings is 3. The van der Waals surface area contributed by atoms with Gasteiger partial charge in [0.05, 0.1) is 0 Å². The average Bonchev–Trinajstić information content (AvgIpc) is 3.25. The van der Waals surface area contributed by atoms with E-state index in [1.54, 1.807) is 11.1 Å². The van der Waals surface area contributed by atoms with Crippen LogP contribution < -0.4 is 0 Å². The molecule has 2 aliphatic rings. The molecule has 0 radical (unpaired) electrons. The molecule has 1 heteroatoms. The van der Waals surface area contributed by atoms with E-state index in [1.165, 1.54) is 34.4 Å². The molecule has 0 aromatic heterocycles. The van der Waals surface area contributed by atoms with Crippen LogP contribution in [0.1, 0.15) is 22.8 Å². The number of hydrogen-bond acceptors (Lipinski definition) is 1. The molecule has 0 spiro atoms. The fraction of sp³-hybridized carbons (Fsp3) is 0.222. The van der Waals surface area contributed by atoms with Crippen LogP contribution in [0.25, 0.3) is 21.5 Å². The Morgan fingerprint density at radius 3 is 2.79 bits per heavy atom. The van der Waals surface area contributed by atoms with Gasteiger partial charge in [0, 0.05) is 10.5 Å². The topological polar surface area (TPSA) is 0 Å². The lowest BCUT2D eigenvalue weighted by atomic mass is 9.88. The molecule has 0 N–H and O–H groups in total. The molecule has 92 valence electrons. The third-order valence-electron chi connectivity index (χ3n) is 4.59. The summed E-state index contributed by atoms with van der Waals surface area (Å²) in [6.07, 6.45) is 2.64. The predicted octanol–water partition coefficient (Wildman–Crippen LogP) is 5.10. The molecular weight excluding hydrogens is 248 g/mol. The highest BCUT2D eigenvalue weighted by Gasteiger charge is 2.43. The van der Waals surface area contributed by atoms with E-state index in [0.717, 1.165) is 10.5 Å². The Balaban J connectivity index is 1.89. The van der Waals surface area contributed by atoms with E-state index >= 15 is 0 Å². The van der Waals surface area contributed by atoms with Crippen molar-refractivity contribution in [2.75, 3.05) is 0 Å². The van der Waals surface area contributed by atoms with Crippen molar-refractivity contribution < 1.29 is 0 Å². The quantitative estimate of drug-likeness (QED) is 0.401. The fourth-order valence-electron chi connectivity index (χ4n) is 3.53. The van der Waals surface area contributed by atoms with Crippen molar-refractivity contribution in [3.8, 4) is 0 Å². The third kappa shape index (κ3) is 1.42. The minimum absolute atomic E-state index is 0.805. The van der Waals surface area contributed by atoms with E-state index in [9.17, 15) is 0 Å². The summed E-state index contributed by atoms with van der Waals surface area (Å²) in [4.78, 5) is 0. The van der Waals surface area contributed by atoms with Crippen LogP contribution >= 0.6 is 11.8 Å². The van der Waals surface area contributed by atoms with Gasteiger partial charge in [-0.1, -0.05) is 42.5 Å². The second kappa shape index (κ2) is 3.55. The Morgan fingerprint density at radius 1 is 0.895 bits per heavy atom. The first-order chi connectivity index (χ1) is 9.40. The van der Waals surface area contributed by atoms with Gasteiger partial charge in [-0.3, -0.25) is 0 Å². The molecule has 1 aliphatic heterocycles. The summed E-state index contributed by atoms with van der Waals surface area (Å²) < 4.78 is 0. The minimum atomic E-state index is 0.805. The summed E-state index contributed by atoms with van der Waals surface area (Å²) in [5, 5.41) is 7.31. The zero-order chi connectivity index (χ0) is 12.4. The molecule has 1 saturated heterocycles. The standard InChI is InChI=1S/C18H14S/c1-2-4-14-11(3-1)5-6-12-10-16-13(9-15(12)14)7-8-17-18(16)19-17/h1-6,9-10,17-18H,7-8H2. The molecule has 1 heterocycles. The van der Waals surface area contributed by atoms with Gasteiger partial charge in [0.25, 0.3) is 0 Å². The number of fused-ring (bicyclic) bond motifs is 6. The molecule has 1 fully saturated rings. The van der Waals surface area contributed by atoms with Gasteiger partial charge in [-0.2, -0.15) is 0 Å². The van der Waals surface area contributed by atoms with Gasteiger partial charge in [0.15, 0.2) is 0 Å². The van der Waals surface area contributed by atoms with E-state index in [2.05, 4.69) is 60.3 Å². The summed E-state index contributed by atoms with van der Waals surface area (Å²) in [5.41, 5.74) is 3.21. The van der Waals surface area contributed by atoms with E-state index in [4.69, 9.17) is 0 Å². The molecular formula is C18H14S. The average molecular weight is 262 g/mol. The lowest BCUT2D eigenvalue weighted by Gasteiger charge is -2.15. The van der Waals surface area contributed by atoms with Crippen molar-refractivity contribution in [2.45, 2.75) is 23.3 Å². The first kappa shape index (κ1) is 10.3. The summed E-state index contributed by atoms with van der Waals surface area (Å²) in [6.45, 7) is 0. The lowest BCUT2D eigenvalue weighted by Crippen LogP contribution is -2.04. The largest absolute Gasteiger partial charge is 0.148 e. The van der Waals surface area contributed by atoms with E-state index in [1.807, 2.05) is 0 Å². The number of rotatable bonds is 0. The van der Waals surface area contributed by atoms with Crippen molar-refractivity contribution in [3.63, 3.8) is 0 Å². The molecule has 2 atom stereocenters. The highest BCUT2D eigenvalue weighted by atomic mass is 32.2. The van der Waals surface area contributed by atoms with Crippen molar-refractivity contribution in [2.24, 2.45) is 0 Å². The summed E-state index contributed by atoms with van der Waals surface area (Å²) in [5.74, 6) is 0. The Bertz CT molecular complexity index is 818. The molecule has 3 aromatic rings. The van der Waals surface area contributed by atoms with Gasteiger partial charge in [0.2, 0.25) is 0 Å². The highest BCUT2D eigenvalue weighted by molar-refractivity contribution is 8.07. The highest BCUT2D eigenvalue weighted by Crippen LogP contribution is 2.60. The summed E-state index contributed by atoms with van der Waals surface area (Å²) >= 11 is 2.15. The Hall–Kier alpha value is -1.47. The number of aryl methyl sites for hydroxylation is 1. The van der Waals surface area contributed by atoms with E-state index in [-0.39, 0.29) is 0 Å². The minimum Gasteiger partial charge on any atom is -0.148 e. The van der Waals surface area contributed by atoms with Crippen LogP contribution in [0, 0.1) is 0 Å². The van der Waals surface area contributed by atoms with Crippen molar-refractivity contribution in [1.29, 1.82) is 0 Å². The fourth-order valence-corrected chi connectivity index (χ4v) is 4.72. The monoisotopic (exact) mass is 262 g/mol.